The van der Waals surface area contributed by atoms with Gasteiger partial charge in [-0.15, -0.1) is 0 Å². The predicted octanol–water partition coefficient (Wildman–Crippen LogP) is 6.65. The summed E-state index contributed by atoms with van der Waals surface area (Å²) in [6.45, 7) is 8.61. The lowest BCUT2D eigenvalue weighted by molar-refractivity contribution is 0.103. The van der Waals surface area contributed by atoms with Gasteiger partial charge in [0.05, 0.1) is 6.04 Å². The van der Waals surface area contributed by atoms with Gasteiger partial charge < -0.3 is 10.6 Å². The normalized spacial score (nSPS) is 12.1. The zero-order valence-electron chi connectivity index (χ0n) is 18.6. The molecular weight excluding hydrogens is 400 g/mol. The molecule has 0 spiro atoms. The van der Waals surface area contributed by atoms with Crippen LogP contribution in [0.5, 0.6) is 0 Å². The maximum absolute atomic E-state index is 13.0. The van der Waals surface area contributed by atoms with E-state index in [2.05, 4.69) is 50.5 Å². The minimum absolute atomic E-state index is 0.00120. The van der Waals surface area contributed by atoms with Crippen molar-refractivity contribution in [2.45, 2.75) is 45.6 Å². The molecule has 1 unspecified atom stereocenters. The molecule has 0 amide bonds. The summed E-state index contributed by atoms with van der Waals surface area (Å²) in [5, 5.41) is 7.12. The molecule has 3 aromatic carbocycles. The summed E-state index contributed by atoms with van der Waals surface area (Å²) < 4.78 is 0. The number of carbonyl (C=O) groups excluding carboxylic acids is 1. The third kappa shape index (κ3) is 6.02. The minimum atomic E-state index is -0.00120. The Morgan fingerprint density at radius 1 is 0.903 bits per heavy atom. The van der Waals surface area contributed by atoms with Crippen LogP contribution >= 0.6 is 12.2 Å². The van der Waals surface area contributed by atoms with Crippen LogP contribution in [0.3, 0.4) is 0 Å². The van der Waals surface area contributed by atoms with E-state index in [1.54, 1.807) is 0 Å². The molecule has 0 aliphatic heterocycles. The molecule has 160 valence electrons. The average Bonchev–Trinajstić information content (AvgIpc) is 2.77. The van der Waals surface area contributed by atoms with Crippen molar-refractivity contribution < 1.29 is 4.79 Å². The van der Waals surface area contributed by atoms with Crippen LogP contribution in [-0.2, 0) is 5.41 Å². The molecule has 4 heteroatoms. The van der Waals surface area contributed by atoms with E-state index in [1.165, 1.54) is 11.1 Å². The van der Waals surface area contributed by atoms with Crippen molar-refractivity contribution in [2.75, 3.05) is 5.32 Å². The predicted molar refractivity (Wildman–Crippen MR) is 134 cm³/mol. The molecule has 3 nitrogen and oxygen atoms in total. The second kappa shape index (κ2) is 9.88. The second-order valence-electron chi connectivity index (χ2n) is 8.71. The van der Waals surface area contributed by atoms with Gasteiger partial charge in [-0.3, -0.25) is 4.79 Å². The summed E-state index contributed by atoms with van der Waals surface area (Å²) in [6.07, 6.45) is 0.912. The Bertz CT molecular complexity index is 1040. The van der Waals surface area contributed by atoms with Gasteiger partial charge in [0.2, 0.25) is 0 Å². The summed E-state index contributed by atoms with van der Waals surface area (Å²) in [5.41, 5.74) is 4.56. The second-order valence-corrected chi connectivity index (χ2v) is 9.12. The molecule has 0 aromatic heterocycles. The number of carbonyl (C=O) groups is 1. The van der Waals surface area contributed by atoms with Gasteiger partial charge in [0, 0.05) is 16.8 Å². The van der Waals surface area contributed by atoms with Crippen LogP contribution in [0.15, 0.2) is 78.9 Å². The van der Waals surface area contributed by atoms with E-state index in [-0.39, 0.29) is 17.2 Å². The molecule has 31 heavy (non-hydrogen) atoms. The van der Waals surface area contributed by atoms with Crippen molar-refractivity contribution in [3.63, 3.8) is 0 Å². The van der Waals surface area contributed by atoms with Gasteiger partial charge in [-0.25, -0.2) is 0 Å². The third-order valence-electron chi connectivity index (χ3n) is 5.31. The minimum Gasteiger partial charge on any atom is -0.356 e. The molecule has 0 bridgehead atoms. The molecular formula is C27H30N2OS. The average molecular weight is 431 g/mol. The zero-order valence-corrected chi connectivity index (χ0v) is 19.4. The lowest BCUT2D eigenvalue weighted by Crippen LogP contribution is -2.32. The third-order valence-corrected chi connectivity index (χ3v) is 5.53. The highest BCUT2D eigenvalue weighted by Crippen LogP contribution is 2.23. The van der Waals surface area contributed by atoms with Crippen LogP contribution in [0.25, 0.3) is 0 Å². The molecule has 0 radical (unpaired) electrons. The molecule has 3 rings (SSSR count). The van der Waals surface area contributed by atoms with E-state index < -0.39 is 0 Å². The number of thiocarbonyl (C=S) groups is 1. The van der Waals surface area contributed by atoms with Gasteiger partial charge in [-0.2, -0.15) is 0 Å². The Balaban J connectivity index is 1.69. The highest BCUT2D eigenvalue weighted by molar-refractivity contribution is 7.80. The summed E-state index contributed by atoms with van der Waals surface area (Å²) in [5.74, 6) is -0.00120. The van der Waals surface area contributed by atoms with Crippen molar-refractivity contribution in [3.8, 4) is 0 Å². The van der Waals surface area contributed by atoms with Crippen LogP contribution in [0.4, 0.5) is 5.69 Å². The number of ketones is 1. The van der Waals surface area contributed by atoms with E-state index >= 15 is 0 Å². The van der Waals surface area contributed by atoms with Gasteiger partial charge >= 0.3 is 0 Å². The van der Waals surface area contributed by atoms with Gasteiger partial charge in [0.25, 0.3) is 0 Å². The molecule has 0 aliphatic rings. The summed E-state index contributed by atoms with van der Waals surface area (Å²) in [4.78, 5) is 13.0. The topological polar surface area (TPSA) is 41.1 Å². The smallest absolute Gasteiger partial charge is 0.193 e. The van der Waals surface area contributed by atoms with Gasteiger partial charge in [-0.1, -0.05) is 94.4 Å². The van der Waals surface area contributed by atoms with Crippen LogP contribution in [0, 0.1) is 0 Å². The Morgan fingerprint density at radius 2 is 1.58 bits per heavy atom. The van der Waals surface area contributed by atoms with Crippen LogP contribution < -0.4 is 10.6 Å². The molecule has 0 saturated carbocycles. The van der Waals surface area contributed by atoms with Crippen LogP contribution in [-0.4, -0.2) is 10.9 Å². The van der Waals surface area contributed by atoms with Crippen LogP contribution in [0.1, 0.15) is 67.2 Å². The first-order valence-electron chi connectivity index (χ1n) is 10.7. The molecule has 0 heterocycles. The number of anilines is 1. The molecule has 1 atom stereocenters. The molecule has 0 aliphatic carbocycles. The number of hydrogen-bond donors (Lipinski definition) is 2. The van der Waals surface area contributed by atoms with Gasteiger partial charge in [0.1, 0.15) is 0 Å². The fraction of sp³-hybridized carbons (Fsp3) is 0.259. The lowest BCUT2D eigenvalue weighted by atomic mass is 9.86. The first kappa shape index (κ1) is 22.7. The van der Waals surface area contributed by atoms with Crippen molar-refractivity contribution in [3.05, 3.63) is 101 Å². The number of nitrogens with one attached hydrogen (secondary N) is 2. The van der Waals surface area contributed by atoms with Crippen molar-refractivity contribution in [2.24, 2.45) is 0 Å². The Hall–Kier alpha value is -2.98. The SMILES string of the molecule is CCC(NC(=S)Nc1cccc(C(=O)c2ccc(C(C)(C)C)cc2)c1)c1ccccc1. The Labute approximate surface area is 190 Å². The summed E-state index contributed by atoms with van der Waals surface area (Å²) in [6, 6.07) is 25.7. The lowest BCUT2D eigenvalue weighted by Gasteiger charge is -2.20. The Morgan fingerprint density at radius 3 is 2.19 bits per heavy atom. The number of benzene rings is 3. The van der Waals surface area contributed by atoms with E-state index in [1.807, 2.05) is 66.7 Å². The monoisotopic (exact) mass is 430 g/mol. The maximum Gasteiger partial charge on any atom is 0.193 e. The highest BCUT2D eigenvalue weighted by Gasteiger charge is 2.16. The number of rotatable bonds is 6. The van der Waals surface area contributed by atoms with Gasteiger partial charge in [-0.05, 0) is 47.3 Å². The van der Waals surface area contributed by atoms with Crippen molar-refractivity contribution in [1.82, 2.24) is 5.32 Å². The maximum atomic E-state index is 13.0. The first-order valence-corrected chi connectivity index (χ1v) is 11.1. The fourth-order valence-electron chi connectivity index (χ4n) is 3.46. The number of hydrogen-bond acceptors (Lipinski definition) is 2. The standard InChI is InChI=1S/C27H30N2OS/c1-5-24(19-10-7-6-8-11-19)29-26(31)28-23-13-9-12-21(18-23)25(30)20-14-16-22(17-15-20)27(2,3)4/h6-18,24H,5H2,1-4H3,(H2,28,29,31). The first-order chi connectivity index (χ1) is 14.8. The van der Waals surface area contributed by atoms with E-state index in [0.29, 0.717) is 16.2 Å². The van der Waals surface area contributed by atoms with E-state index in [9.17, 15) is 4.79 Å². The van der Waals surface area contributed by atoms with Crippen molar-refractivity contribution >= 4 is 28.8 Å². The quantitative estimate of drug-likeness (QED) is 0.339. The van der Waals surface area contributed by atoms with Gasteiger partial charge in [0.15, 0.2) is 10.9 Å². The summed E-state index contributed by atoms with van der Waals surface area (Å²) >= 11 is 5.52. The van der Waals surface area contributed by atoms with Crippen molar-refractivity contribution in [1.29, 1.82) is 0 Å². The van der Waals surface area contributed by atoms with E-state index in [0.717, 1.165) is 12.1 Å². The Kier molecular flexibility index (Phi) is 7.24. The molecule has 3 aromatic rings. The molecule has 2 N–H and O–H groups in total. The fourth-order valence-corrected chi connectivity index (χ4v) is 3.72. The summed E-state index contributed by atoms with van der Waals surface area (Å²) in [7, 11) is 0. The zero-order chi connectivity index (χ0) is 22.4. The van der Waals surface area contributed by atoms with Crippen LogP contribution in [0.2, 0.25) is 0 Å². The highest BCUT2D eigenvalue weighted by atomic mass is 32.1. The molecule has 0 saturated heterocycles. The van der Waals surface area contributed by atoms with E-state index in [4.69, 9.17) is 12.2 Å². The largest absolute Gasteiger partial charge is 0.356 e. The molecule has 0 fully saturated rings.